The second-order valence-corrected chi connectivity index (χ2v) is 5.26. The van der Waals surface area contributed by atoms with Gasteiger partial charge in [-0.3, -0.25) is 0 Å². The summed E-state index contributed by atoms with van der Waals surface area (Å²) < 4.78 is 30.6. The van der Waals surface area contributed by atoms with E-state index in [0.29, 0.717) is 26.2 Å². The third kappa shape index (κ3) is 3.00. The third-order valence-electron chi connectivity index (χ3n) is 2.75. The van der Waals surface area contributed by atoms with Crippen LogP contribution in [0, 0.1) is 0 Å². The number of benzene rings is 2. The Hall–Kier alpha value is -1.03. The molecule has 0 aliphatic heterocycles. The molecule has 0 heterocycles. The number of hydrogen-bond acceptors (Lipinski definition) is 1. The molecule has 0 aliphatic carbocycles. The molecule has 6 heteroatoms. The van der Waals surface area contributed by atoms with Crippen molar-refractivity contribution >= 4 is 34.8 Å². The number of rotatable bonds is 3. The summed E-state index contributed by atoms with van der Waals surface area (Å²) in [5, 5.41) is 1.04. The van der Waals surface area contributed by atoms with Crippen LogP contribution in [0.2, 0.25) is 15.1 Å². The highest BCUT2D eigenvalue weighted by Crippen LogP contribution is 2.42. The molecule has 1 nitrogen and oxygen atoms in total. The molecule has 2 aromatic carbocycles. The van der Waals surface area contributed by atoms with Gasteiger partial charge in [0.05, 0.1) is 17.2 Å². The minimum Gasteiger partial charge on any atom is -0.496 e. The van der Waals surface area contributed by atoms with Gasteiger partial charge in [0.15, 0.2) is 0 Å². The lowest BCUT2D eigenvalue weighted by Crippen LogP contribution is -1.93. The monoisotopic (exact) mass is 336 g/mol. The SMILES string of the molecule is COc1cc(C(F)F)ccc1-c1c(Cl)cc(Cl)cc1Cl. The Balaban J connectivity index is 2.64. The quantitative estimate of drug-likeness (QED) is 0.642. The van der Waals surface area contributed by atoms with Crippen LogP contribution in [0.5, 0.6) is 5.75 Å². The molecular formula is C14H9Cl3F2O. The summed E-state index contributed by atoms with van der Waals surface area (Å²) in [4.78, 5) is 0. The summed E-state index contributed by atoms with van der Waals surface area (Å²) in [6.07, 6.45) is -2.57. The van der Waals surface area contributed by atoms with Crippen LogP contribution in [0.3, 0.4) is 0 Å². The van der Waals surface area contributed by atoms with E-state index in [1.54, 1.807) is 0 Å². The van der Waals surface area contributed by atoms with Crippen LogP contribution in [0.1, 0.15) is 12.0 Å². The molecule has 0 N–H and O–H groups in total. The van der Waals surface area contributed by atoms with Crippen molar-refractivity contribution in [3.63, 3.8) is 0 Å². The van der Waals surface area contributed by atoms with Crippen molar-refractivity contribution in [2.24, 2.45) is 0 Å². The van der Waals surface area contributed by atoms with E-state index < -0.39 is 6.43 Å². The molecule has 0 saturated carbocycles. The highest BCUT2D eigenvalue weighted by atomic mass is 35.5. The molecule has 0 spiro atoms. The first kappa shape index (κ1) is 15.4. The summed E-state index contributed by atoms with van der Waals surface area (Å²) in [6, 6.07) is 7.14. The summed E-state index contributed by atoms with van der Waals surface area (Å²) in [6.45, 7) is 0. The van der Waals surface area contributed by atoms with Gasteiger partial charge in [0, 0.05) is 21.7 Å². The fourth-order valence-electron chi connectivity index (χ4n) is 1.85. The van der Waals surface area contributed by atoms with Gasteiger partial charge in [-0.2, -0.15) is 0 Å². The molecule has 0 saturated heterocycles. The van der Waals surface area contributed by atoms with Crippen LogP contribution in [0.25, 0.3) is 11.1 Å². The van der Waals surface area contributed by atoms with Gasteiger partial charge in [-0.15, -0.1) is 0 Å². The summed E-state index contributed by atoms with van der Waals surface area (Å²) in [5.74, 6) is 0.272. The average molecular weight is 338 g/mol. The molecule has 0 fully saturated rings. The molecule has 0 aliphatic rings. The van der Waals surface area contributed by atoms with E-state index in [4.69, 9.17) is 39.5 Å². The molecule has 0 bridgehead atoms. The maximum absolute atomic E-state index is 12.7. The first-order valence-corrected chi connectivity index (χ1v) is 6.68. The van der Waals surface area contributed by atoms with Gasteiger partial charge in [0.1, 0.15) is 5.75 Å². The van der Waals surface area contributed by atoms with E-state index in [1.165, 1.54) is 37.4 Å². The van der Waals surface area contributed by atoms with Gasteiger partial charge in [0.25, 0.3) is 6.43 Å². The zero-order valence-electron chi connectivity index (χ0n) is 10.3. The largest absolute Gasteiger partial charge is 0.496 e. The lowest BCUT2D eigenvalue weighted by atomic mass is 10.0. The fourth-order valence-corrected chi connectivity index (χ4v) is 2.87. The Morgan fingerprint density at radius 1 is 1.00 bits per heavy atom. The lowest BCUT2D eigenvalue weighted by molar-refractivity contribution is 0.151. The zero-order chi connectivity index (χ0) is 14.9. The smallest absolute Gasteiger partial charge is 0.263 e. The van der Waals surface area contributed by atoms with Gasteiger partial charge in [0.2, 0.25) is 0 Å². The molecule has 0 radical (unpaired) electrons. The third-order valence-corrected chi connectivity index (χ3v) is 3.57. The standard InChI is InChI=1S/C14H9Cl3F2O/c1-20-12-4-7(14(18)19)2-3-9(12)13-10(16)5-8(15)6-11(13)17/h2-6,14H,1H3. The second-order valence-electron chi connectivity index (χ2n) is 4.00. The van der Waals surface area contributed by atoms with Crippen molar-refractivity contribution < 1.29 is 13.5 Å². The lowest BCUT2D eigenvalue weighted by Gasteiger charge is -2.13. The summed E-state index contributed by atoms with van der Waals surface area (Å²) in [5.41, 5.74) is 0.894. The van der Waals surface area contributed by atoms with Crippen LogP contribution >= 0.6 is 34.8 Å². The van der Waals surface area contributed by atoms with Gasteiger partial charge in [-0.25, -0.2) is 8.78 Å². The molecular weight excluding hydrogens is 329 g/mol. The minimum atomic E-state index is -2.57. The van der Waals surface area contributed by atoms with Crippen molar-refractivity contribution in [2.75, 3.05) is 7.11 Å². The second kappa shape index (κ2) is 6.17. The summed E-state index contributed by atoms with van der Waals surface area (Å²) in [7, 11) is 1.39. The molecule has 0 unspecified atom stereocenters. The maximum Gasteiger partial charge on any atom is 0.263 e. The molecule has 2 aromatic rings. The van der Waals surface area contributed by atoms with Crippen LogP contribution in [0.15, 0.2) is 30.3 Å². The Kier molecular flexibility index (Phi) is 4.74. The predicted molar refractivity (Wildman–Crippen MR) is 78.4 cm³/mol. The topological polar surface area (TPSA) is 9.23 Å². The minimum absolute atomic E-state index is 0.133. The van der Waals surface area contributed by atoms with Crippen LogP contribution in [-0.2, 0) is 0 Å². The normalized spacial score (nSPS) is 10.9. The number of ether oxygens (including phenoxy) is 1. The number of halogens is 5. The molecule has 0 amide bonds. The Bertz CT molecular complexity index is 621. The van der Waals surface area contributed by atoms with Crippen molar-refractivity contribution in [1.82, 2.24) is 0 Å². The van der Waals surface area contributed by atoms with E-state index >= 15 is 0 Å². The van der Waals surface area contributed by atoms with Crippen LogP contribution in [-0.4, -0.2) is 7.11 Å². The maximum atomic E-state index is 12.7. The zero-order valence-corrected chi connectivity index (χ0v) is 12.5. The van der Waals surface area contributed by atoms with Crippen molar-refractivity contribution in [2.45, 2.75) is 6.43 Å². The first-order chi connectivity index (χ1) is 9.43. The van der Waals surface area contributed by atoms with E-state index in [-0.39, 0.29) is 11.3 Å². The average Bonchev–Trinajstić information content (AvgIpc) is 2.37. The Morgan fingerprint density at radius 2 is 1.60 bits per heavy atom. The number of hydrogen-bond donors (Lipinski definition) is 0. The first-order valence-electron chi connectivity index (χ1n) is 5.55. The van der Waals surface area contributed by atoms with Gasteiger partial charge >= 0.3 is 0 Å². The van der Waals surface area contributed by atoms with E-state index in [0.717, 1.165) is 0 Å². The van der Waals surface area contributed by atoms with Crippen molar-refractivity contribution in [1.29, 1.82) is 0 Å². The summed E-state index contributed by atoms with van der Waals surface area (Å²) >= 11 is 18.1. The fraction of sp³-hybridized carbons (Fsp3) is 0.143. The number of alkyl halides is 2. The molecule has 2 rings (SSSR count). The van der Waals surface area contributed by atoms with E-state index in [9.17, 15) is 8.78 Å². The van der Waals surface area contributed by atoms with Crippen LogP contribution < -0.4 is 4.74 Å². The Labute approximate surface area is 130 Å². The Morgan fingerprint density at radius 3 is 2.10 bits per heavy atom. The molecule has 20 heavy (non-hydrogen) atoms. The van der Waals surface area contributed by atoms with Crippen LogP contribution in [0.4, 0.5) is 8.78 Å². The highest BCUT2D eigenvalue weighted by molar-refractivity contribution is 6.41. The van der Waals surface area contributed by atoms with Gasteiger partial charge in [-0.05, 0) is 18.2 Å². The van der Waals surface area contributed by atoms with Gasteiger partial charge in [-0.1, -0.05) is 46.9 Å². The van der Waals surface area contributed by atoms with Crippen molar-refractivity contribution in [3.8, 4) is 16.9 Å². The molecule has 0 aromatic heterocycles. The predicted octanol–water partition coefficient (Wildman–Crippen LogP) is 6.26. The number of methoxy groups -OCH3 is 1. The molecule has 0 atom stereocenters. The van der Waals surface area contributed by atoms with Crippen molar-refractivity contribution in [3.05, 3.63) is 51.0 Å². The van der Waals surface area contributed by atoms with E-state index in [1.807, 2.05) is 0 Å². The van der Waals surface area contributed by atoms with E-state index in [2.05, 4.69) is 0 Å². The van der Waals surface area contributed by atoms with Gasteiger partial charge < -0.3 is 4.74 Å². The highest BCUT2D eigenvalue weighted by Gasteiger charge is 2.17. The molecule has 106 valence electrons.